The second-order valence-electron chi connectivity index (χ2n) is 5.12. The Kier molecular flexibility index (Phi) is 4.34. The topological polar surface area (TPSA) is 87.6 Å². The van der Waals surface area contributed by atoms with E-state index in [4.69, 9.17) is 20.9 Å². The zero-order chi connectivity index (χ0) is 16.9. The van der Waals surface area contributed by atoms with Crippen LogP contribution < -0.4 is 20.9 Å². The second-order valence-corrected chi connectivity index (χ2v) is 5.12. The molecule has 0 fully saturated rings. The molecule has 0 amide bonds. The number of para-hydroxylation sites is 1. The first-order valence-electron chi connectivity index (χ1n) is 7.32. The van der Waals surface area contributed by atoms with Crippen LogP contribution in [0.15, 0.2) is 72.8 Å². The van der Waals surface area contributed by atoms with E-state index in [1.54, 1.807) is 66.7 Å². The molecule has 0 heterocycles. The molecule has 0 aliphatic heterocycles. The van der Waals surface area contributed by atoms with Gasteiger partial charge in [0.25, 0.3) is 0 Å². The maximum Gasteiger partial charge on any atom is 0.343 e. The molecule has 0 aromatic heterocycles. The number of ether oxygens (including phenoxy) is 2. The first-order chi connectivity index (χ1) is 11.6. The van der Waals surface area contributed by atoms with Gasteiger partial charge in [-0.2, -0.15) is 0 Å². The lowest BCUT2D eigenvalue weighted by atomic mass is 10.2. The molecule has 3 rings (SSSR count). The fourth-order valence-corrected chi connectivity index (χ4v) is 2.07. The Labute approximate surface area is 139 Å². The number of nitrogens with two attached hydrogens (primary N) is 2. The van der Waals surface area contributed by atoms with E-state index >= 15 is 0 Å². The molecule has 0 saturated heterocycles. The van der Waals surface area contributed by atoms with Gasteiger partial charge < -0.3 is 20.9 Å². The molecule has 5 nitrogen and oxygen atoms in total. The van der Waals surface area contributed by atoms with Gasteiger partial charge in [0, 0.05) is 6.07 Å². The summed E-state index contributed by atoms with van der Waals surface area (Å²) in [5.41, 5.74) is 12.8. The molecular formula is C19H16N2O3. The zero-order valence-electron chi connectivity index (χ0n) is 12.8. The van der Waals surface area contributed by atoms with Crippen molar-refractivity contribution in [2.24, 2.45) is 0 Å². The summed E-state index contributed by atoms with van der Waals surface area (Å²) >= 11 is 0. The third kappa shape index (κ3) is 3.64. The van der Waals surface area contributed by atoms with Gasteiger partial charge in [0.2, 0.25) is 0 Å². The number of carbonyl (C=O) groups excluding carboxylic acids is 1. The van der Waals surface area contributed by atoms with Crippen LogP contribution in [-0.2, 0) is 0 Å². The van der Waals surface area contributed by atoms with Gasteiger partial charge in [0.1, 0.15) is 17.2 Å². The third-order valence-electron chi connectivity index (χ3n) is 3.34. The highest BCUT2D eigenvalue weighted by Gasteiger charge is 2.09. The molecule has 0 radical (unpaired) electrons. The predicted molar refractivity (Wildman–Crippen MR) is 93.2 cm³/mol. The summed E-state index contributed by atoms with van der Waals surface area (Å²) in [6.45, 7) is 0. The number of rotatable bonds is 4. The van der Waals surface area contributed by atoms with Gasteiger partial charge >= 0.3 is 5.97 Å². The average molecular weight is 320 g/mol. The fourth-order valence-electron chi connectivity index (χ4n) is 2.07. The Morgan fingerprint density at radius 3 is 2.04 bits per heavy atom. The van der Waals surface area contributed by atoms with Crippen LogP contribution in [0.25, 0.3) is 0 Å². The van der Waals surface area contributed by atoms with Crippen molar-refractivity contribution in [3.8, 4) is 17.2 Å². The van der Waals surface area contributed by atoms with Crippen LogP contribution >= 0.6 is 0 Å². The Morgan fingerprint density at radius 1 is 0.708 bits per heavy atom. The van der Waals surface area contributed by atoms with Crippen molar-refractivity contribution >= 4 is 17.3 Å². The van der Waals surface area contributed by atoms with E-state index in [0.29, 0.717) is 34.2 Å². The molecule has 0 aliphatic rings. The highest BCUT2D eigenvalue weighted by molar-refractivity contribution is 5.91. The number of benzene rings is 3. The lowest BCUT2D eigenvalue weighted by Crippen LogP contribution is -2.08. The Hall–Kier alpha value is -3.47. The third-order valence-corrected chi connectivity index (χ3v) is 3.34. The van der Waals surface area contributed by atoms with E-state index in [-0.39, 0.29) is 0 Å². The van der Waals surface area contributed by atoms with E-state index in [1.807, 2.05) is 6.07 Å². The molecule has 0 spiro atoms. The molecule has 0 aliphatic carbocycles. The van der Waals surface area contributed by atoms with E-state index in [9.17, 15) is 4.79 Å². The second kappa shape index (κ2) is 6.75. The molecule has 0 atom stereocenters. The van der Waals surface area contributed by atoms with Crippen molar-refractivity contribution < 1.29 is 14.3 Å². The van der Waals surface area contributed by atoms with E-state index in [0.717, 1.165) is 0 Å². The van der Waals surface area contributed by atoms with E-state index in [2.05, 4.69) is 0 Å². The van der Waals surface area contributed by atoms with Crippen molar-refractivity contribution in [2.45, 2.75) is 0 Å². The molecule has 0 saturated carbocycles. The van der Waals surface area contributed by atoms with Crippen LogP contribution in [0.3, 0.4) is 0 Å². The van der Waals surface area contributed by atoms with Crippen LogP contribution in [0, 0.1) is 0 Å². The normalized spacial score (nSPS) is 10.2. The van der Waals surface area contributed by atoms with E-state index in [1.165, 1.54) is 0 Å². The number of nitrogen functional groups attached to an aromatic ring is 2. The van der Waals surface area contributed by atoms with Crippen LogP contribution in [0.2, 0.25) is 0 Å². The molecule has 0 bridgehead atoms. The van der Waals surface area contributed by atoms with E-state index < -0.39 is 5.97 Å². The summed E-state index contributed by atoms with van der Waals surface area (Å²) < 4.78 is 11.0. The quantitative estimate of drug-likeness (QED) is 0.433. The van der Waals surface area contributed by atoms with Gasteiger partial charge in [-0.15, -0.1) is 0 Å². The summed E-state index contributed by atoms with van der Waals surface area (Å²) in [6.07, 6.45) is 0. The van der Waals surface area contributed by atoms with Crippen LogP contribution in [0.1, 0.15) is 10.4 Å². The Bertz CT molecular complexity index is 846. The largest absolute Gasteiger partial charge is 0.457 e. The number of hydrogen-bond acceptors (Lipinski definition) is 5. The van der Waals surface area contributed by atoms with Gasteiger partial charge in [-0.1, -0.05) is 18.2 Å². The number of hydrogen-bond donors (Lipinski definition) is 2. The van der Waals surface area contributed by atoms with Crippen molar-refractivity contribution in [1.82, 2.24) is 0 Å². The summed E-state index contributed by atoms with van der Waals surface area (Å²) in [5.74, 6) is 1.22. The van der Waals surface area contributed by atoms with Crippen LogP contribution in [-0.4, -0.2) is 5.97 Å². The lowest BCUT2D eigenvalue weighted by Gasteiger charge is -2.08. The summed E-state index contributed by atoms with van der Waals surface area (Å²) in [6, 6.07) is 20.6. The summed E-state index contributed by atoms with van der Waals surface area (Å²) in [7, 11) is 0. The average Bonchev–Trinajstić information content (AvgIpc) is 2.60. The molecule has 24 heavy (non-hydrogen) atoms. The van der Waals surface area contributed by atoms with Gasteiger partial charge in [-0.05, 0) is 48.5 Å². The van der Waals surface area contributed by atoms with Gasteiger partial charge in [0.05, 0.1) is 16.9 Å². The van der Waals surface area contributed by atoms with Crippen molar-refractivity contribution in [3.63, 3.8) is 0 Å². The smallest absolute Gasteiger partial charge is 0.343 e. The molecule has 5 heteroatoms. The fraction of sp³-hybridized carbons (Fsp3) is 0. The summed E-state index contributed by atoms with van der Waals surface area (Å²) in [5, 5.41) is 0. The first kappa shape index (κ1) is 15.4. The summed E-state index contributed by atoms with van der Waals surface area (Å²) in [4.78, 5) is 12.1. The SMILES string of the molecule is Nc1ccc(Oc2ccc(C(=O)Oc3ccccc3)cc2)cc1N. The Balaban J connectivity index is 1.68. The van der Waals surface area contributed by atoms with Gasteiger partial charge in [-0.25, -0.2) is 4.79 Å². The predicted octanol–water partition coefficient (Wildman–Crippen LogP) is 3.86. The lowest BCUT2D eigenvalue weighted by molar-refractivity contribution is 0.0735. The van der Waals surface area contributed by atoms with Crippen molar-refractivity contribution in [1.29, 1.82) is 0 Å². The maximum atomic E-state index is 12.1. The van der Waals surface area contributed by atoms with Gasteiger partial charge in [-0.3, -0.25) is 0 Å². The number of anilines is 2. The minimum absolute atomic E-state index is 0.426. The Morgan fingerprint density at radius 2 is 1.38 bits per heavy atom. The monoisotopic (exact) mass is 320 g/mol. The molecule has 0 unspecified atom stereocenters. The minimum Gasteiger partial charge on any atom is -0.457 e. The molecular weight excluding hydrogens is 304 g/mol. The zero-order valence-corrected chi connectivity index (χ0v) is 12.8. The maximum absolute atomic E-state index is 12.1. The van der Waals surface area contributed by atoms with Gasteiger partial charge in [0.15, 0.2) is 0 Å². The molecule has 120 valence electrons. The highest BCUT2D eigenvalue weighted by Crippen LogP contribution is 2.26. The minimum atomic E-state index is -0.426. The van der Waals surface area contributed by atoms with Crippen molar-refractivity contribution in [2.75, 3.05) is 11.5 Å². The molecule has 3 aromatic carbocycles. The first-order valence-corrected chi connectivity index (χ1v) is 7.32. The standard InChI is InChI=1S/C19H16N2O3/c20-17-11-10-16(12-18(17)21)23-15-8-6-13(7-9-15)19(22)24-14-4-2-1-3-5-14/h1-12H,20-21H2. The van der Waals surface area contributed by atoms with Crippen molar-refractivity contribution in [3.05, 3.63) is 78.4 Å². The number of esters is 1. The van der Waals surface area contributed by atoms with Crippen LogP contribution in [0.4, 0.5) is 11.4 Å². The highest BCUT2D eigenvalue weighted by atomic mass is 16.5. The molecule has 3 aromatic rings. The molecule has 4 N–H and O–H groups in total. The number of carbonyl (C=O) groups is 1. The van der Waals surface area contributed by atoms with Crippen LogP contribution in [0.5, 0.6) is 17.2 Å².